The third-order valence-corrected chi connectivity index (χ3v) is 6.01. The summed E-state index contributed by atoms with van der Waals surface area (Å²) in [4.78, 5) is 16.7. The van der Waals surface area contributed by atoms with E-state index in [0.717, 1.165) is 5.69 Å². The molecular weight excluding hydrogens is 405 g/mol. The molecule has 156 valence electrons. The van der Waals surface area contributed by atoms with Gasteiger partial charge in [0.1, 0.15) is 5.82 Å². The molecule has 2 N–H and O–H groups in total. The average Bonchev–Trinajstić information content (AvgIpc) is 2.71. The minimum Gasteiger partial charge on any atom is -0.322 e. The predicted molar refractivity (Wildman–Crippen MR) is 113 cm³/mol. The second kappa shape index (κ2) is 9.15. The number of hydrogen-bond donors (Lipinski definition) is 2. The summed E-state index contributed by atoms with van der Waals surface area (Å²) in [5.74, 6) is -0.855. The van der Waals surface area contributed by atoms with Gasteiger partial charge < -0.3 is 5.32 Å². The fraction of sp³-hybridized carbons (Fsp3) is 0.182. The molecule has 30 heavy (non-hydrogen) atoms. The molecule has 0 saturated carbocycles. The van der Waals surface area contributed by atoms with E-state index in [-0.39, 0.29) is 22.3 Å². The molecule has 0 fully saturated rings. The lowest BCUT2D eigenvalue weighted by atomic mass is 10.2. The number of nitrogens with zero attached hydrogens (tertiary/aromatic N) is 1. The van der Waals surface area contributed by atoms with Gasteiger partial charge in [-0.25, -0.2) is 17.5 Å². The number of rotatable bonds is 7. The fourth-order valence-electron chi connectivity index (χ4n) is 2.94. The zero-order chi connectivity index (χ0) is 21.7. The van der Waals surface area contributed by atoms with Gasteiger partial charge in [-0.15, -0.1) is 0 Å². The van der Waals surface area contributed by atoms with Crippen LogP contribution in [0.1, 0.15) is 28.5 Å². The lowest BCUT2D eigenvalue weighted by Gasteiger charge is -2.14. The van der Waals surface area contributed by atoms with E-state index in [1.165, 1.54) is 42.5 Å². The summed E-state index contributed by atoms with van der Waals surface area (Å²) in [5.41, 5.74) is 1.78. The Balaban J connectivity index is 1.72. The Kier molecular flexibility index (Phi) is 6.59. The number of hydrogen-bond acceptors (Lipinski definition) is 4. The highest BCUT2D eigenvalue weighted by atomic mass is 32.2. The fourth-order valence-corrected chi connectivity index (χ4v) is 4.23. The predicted octanol–water partition coefficient (Wildman–Crippen LogP) is 3.69. The number of anilines is 1. The summed E-state index contributed by atoms with van der Waals surface area (Å²) in [6.07, 6.45) is 2.09. The van der Waals surface area contributed by atoms with Crippen molar-refractivity contribution < 1.29 is 17.6 Å². The molecule has 2 aromatic carbocycles. The van der Waals surface area contributed by atoms with E-state index in [2.05, 4.69) is 15.0 Å². The molecule has 1 atom stereocenters. The van der Waals surface area contributed by atoms with Crippen LogP contribution in [0.5, 0.6) is 0 Å². The van der Waals surface area contributed by atoms with Gasteiger partial charge in [0.15, 0.2) is 0 Å². The lowest BCUT2D eigenvalue weighted by molar-refractivity contribution is 0.102. The number of amides is 1. The first kappa shape index (κ1) is 21.6. The highest BCUT2D eigenvalue weighted by Crippen LogP contribution is 2.17. The van der Waals surface area contributed by atoms with Gasteiger partial charge in [0.25, 0.3) is 5.91 Å². The van der Waals surface area contributed by atoms with Gasteiger partial charge in [-0.1, -0.05) is 12.1 Å². The number of nitrogens with one attached hydrogen (secondary N) is 2. The molecular formula is C22H22FN3O3S. The molecule has 1 unspecified atom stereocenters. The van der Waals surface area contributed by atoms with Crippen molar-refractivity contribution in [3.8, 4) is 0 Å². The molecule has 0 bridgehead atoms. The first-order valence-electron chi connectivity index (χ1n) is 9.34. The van der Waals surface area contributed by atoms with Crippen LogP contribution in [0.4, 0.5) is 10.1 Å². The van der Waals surface area contributed by atoms with Crippen molar-refractivity contribution >= 4 is 21.6 Å². The Labute approximate surface area is 175 Å². The minimum atomic E-state index is -3.83. The molecule has 3 aromatic rings. The number of aryl methyl sites for hydroxylation is 1. The van der Waals surface area contributed by atoms with Crippen LogP contribution in [-0.2, 0) is 16.4 Å². The van der Waals surface area contributed by atoms with Crippen LogP contribution >= 0.6 is 0 Å². The normalized spacial score (nSPS) is 12.4. The third-order valence-electron chi connectivity index (χ3n) is 4.42. The SMILES string of the molecule is Cc1cc(NC(=O)c2cccc(S(=O)(=O)NC(C)Cc3ccccn3)c2)ccc1F. The number of benzene rings is 2. The molecule has 0 aliphatic heterocycles. The van der Waals surface area contributed by atoms with Crippen molar-refractivity contribution in [2.75, 3.05) is 5.32 Å². The molecule has 3 rings (SSSR count). The van der Waals surface area contributed by atoms with E-state index in [9.17, 15) is 17.6 Å². The monoisotopic (exact) mass is 427 g/mol. The van der Waals surface area contributed by atoms with Gasteiger partial charge in [-0.05, 0) is 67.9 Å². The van der Waals surface area contributed by atoms with Gasteiger partial charge >= 0.3 is 0 Å². The number of aromatic nitrogens is 1. The molecule has 0 saturated heterocycles. The molecule has 6 nitrogen and oxygen atoms in total. The Morgan fingerprint density at radius 1 is 1.10 bits per heavy atom. The van der Waals surface area contributed by atoms with Crippen molar-refractivity contribution in [3.63, 3.8) is 0 Å². The van der Waals surface area contributed by atoms with E-state index < -0.39 is 15.9 Å². The molecule has 0 aliphatic rings. The third kappa shape index (κ3) is 5.49. The summed E-state index contributed by atoms with van der Waals surface area (Å²) in [6, 6.07) is 15.0. The Hall–Kier alpha value is -3.10. The first-order valence-corrected chi connectivity index (χ1v) is 10.8. The Morgan fingerprint density at radius 3 is 2.60 bits per heavy atom. The zero-order valence-electron chi connectivity index (χ0n) is 16.6. The summed E-state index contributed by atoms with van der Waals surface area (Å²) in [7, 11) is -3.83. The molecule has 1 amide bonds. The second-order valence-electron chi connectivity index (χ2n) is 6.99. The lowest BCUT2D eigenvalue weighted by Crippen LogP contribution is -2.34. The maximum atomic E-state index is 13.4. The summed E-state index contributed by atoms with van der Waals surface area (Å²) in [5, 5.41) is 2.65. The molecule has 1 heterocycles. The maximum Gasteiger partial charge on any atom is 0.255 e. The van der Waals surface area contributed by atoms with Gasteiger partial charge in [-0.2, -0.15) is 0 Å². The standard InChI is InChI=1S/C22H22FN3O3S/c1-15-12-19(9-10-21(15)23)25-22(27)17-6-5-8-20(14-17)30(28,29)26-16(2)13-18-7-3-4-11-24-18/h3-12,14,16,26H,13H2,1-2H3,(H,25,27). The smallest absolute Gasteiger partial charge is 0.255 e. The number of halogens is 1. The van der Waals surface area contributed by atoms with Gasteiger partial charge in [-0.3, -0.25) is 9.78 Å². The molecule has 1 aromatic heterocycles. The van der Waals surface area contributed by atoms with Crippen molar-refractivity contribution in [2.24, 2.45) is 0 Å². The molecule has 0 radical (unpaired) electrons. The summed E-state index contributed by atoms with van der Waals surface area (Å²) < 4.78 is 41.5. The quantitative estimate of drug-likeness (QED) is 0.602. The average molecular weight is 428 g/mol. The number of carbonyl (C=O) groups is 1. The molecule has 0 aliphatic carbocycles. The Bertz CT molecular complexity index is 1150. The van der Waals surface area contributed by atoms with Crippen LogP contribution in [0.2, 0.25) is 0 Å². The summed E-state index contributed by atoms with van der Waals surface area (Å²) in [6.45, 7) is 3.34. The molecule has 0 spiro atoms. The van der Waals surface area contributed by atoms with Gasteiger partial charge in [0.05, 0.1) is 4.90 Å². The van der Waals surface area contributed by atoms with Crippen LogP contribution in [-0.4, -0.2) is 25.4 Å². The van der Waals surface area contributed by atoms with Crippen molar-refractivity contribution in [1.29, 1.82) is 0 Å². The maximum absolute atomic E-state index is 13.4. The number of carbonyl (C=O) groups excluding carboxylic acids is 1. The highest BCUT2D eigenvalue weighted by molar-refractivity contribution is 7.89. The zero-order valence-corrected chi connectivity index (χ0v) is 17.4. The minimum absolute atomic E-state index is 0.0155. The number of sulfonamides is 1. The van der Waals surface area contributed by atoms with Crippen LogP contribution in [0.25, 0.3) is 0 Å². The molecule has 8 heteroatoms. The van der Waals surface area contributed by atoms with Gasteiger partial charge in [0.2, 0.25) is 10.0 Å². The van der Waals surface area contributed by atoms with E-state index in [1.54, 1.807) is 26.1 Å². The van der Waals surface area contributed by atoms with Crippen LogP contribution in [0, 0.1) is 12.7 Å². The van der Waals surface area contributed by atoms with E-state index >= 15 is 0 Å². The summed E-state index contributed by atoms with van der Waals surface area (Å²) >= 11 is 0. The number of pyridine rings is 1. The van der Waals surface area contributed by atoms with Crippen molar-refractivity contribution in [3.05, 3.63) is 89.5 Å². The first-order chi connectivity index (χ1) is 14.2. The van der Waals surface area contributed by atoms with Gasteiger partial charge in [0, 0.05) is 35.6 Å². The van der Waals surface area contributed by atoms with Crippen LogP contribution in [0.15, 0.2) is 71.8 Å². The van der Waals surface area contributed by atoms with Crippen LogP contribution < -0.4 is 10.0 Å². The highest BCUT2D eigenvalue weighted by Gasteiger charge is 2.19. The van der Waals surface area contributed by atoms with Crippen molar-refractivity contribution in [2.45, 2.75) is 31.2 Å². The van der Waals surface area contributed by atoms with Crippen LogP contribution in [0.3, 0.4) is 0 Å². The Morgan fingerprint density at radius 2 is 1.90 bits per heavy atom. The van der Waals surface area contributed by atoms with E-state index in [0.29, 0.717) is 17.7 Å². The van der Waals surface area contributed by atoms with E-state index in [1.807, 2.05) is 12.1 Å². The topological polar surface area (TPSA) is 88.2 Å². The largest absolute Gasteiger partial charge is 0.322 e. The van der Waals surface area contributed by atoms with E-state index in [4.69, 9.17) is 0 Å². The van der Waals surface area contributed by atoms with Crippen molar-refractivity contribution in [1.82, 2.24) is 9.71 Å². The second-order valence-corrected chi connectivity index (χ2v) is 8.71.